The van der Waals surface area contributed by atoms with Gasteiger partial charge in [0.15, 0.2) is 0 Å². The Kier molecular flexibility index (Phi) is 7.24. The van der Waals surface area contributed by atoms with E-state index in [9.17, 15) is 18.5 Å². The average Bonchev–Trinajstić information content (AvgIpc) is 2.29. The first kappa shape index (κ1) is 18.1. The minimum atomic E-state index is -3.86. The molecule has 0 atom stereocenters. The normalized spacial score (nSPS) is 10.8. The van der Waals surface area contributed by atoms with E-state index in [0.29, 0.717) is 13.0 Å². The van der Waals surface area contributed by atoms with Crippen LogP contribution < -0.4 is 10.5 Å². The summed E-state index contributed by atoms with van der Waals surface area (Å²) in [5.41, 5.74) is 4.91. The second-order valence-electron chi connectivity index (χ2n) is 3.41. The Labute approximate surface area is 121 Å². The van der Waals surface area contributed by atoms with Crippen LogP contribution in [0, 0.1) is 10.1 Å². The Morgan fingerprint density at radius 3 is 2.58 bits per heavy atom. The molecular formula is C9H13Cl2N3O4S. The average molecular weight is 330 g/mol. The fourth-order valence-corrected chi connectivity index (χ4v) is 2.79. The lowest BCUT2D eigenvalue weighted by Crippen LogP contribution is -2.26. The molecule has 1 aromatic rings. The summed E-state index contributed by atoms with van der Waals surface area (Å²) < 4.78 is 26.0. The Bertz CT molecular complexity index is 550. The van der Waals surface area contributed by atoms with Gasteiger partial charge in [-0.25, -0.2) is 13.1 Å². The van der Waals surface area contributed by atoms with Crippen LogP contribution in [-0.4, -0.2) is 26.4 Å². The summed E-state index contributed by atoms with van der Waals surface area (Å²) in [4.78, 5) is 9.59. The molecule has 0 saturated carbocycles. The van der Waals surface area contributed by atoms with Crippen molar-refractivity contribution in [3.05, 3.63) is 33.3 Å². The topological polar surface area (TPSA) is 115 Å². The van der Waals surface area contributed by atoms with Crippen molar-refractivity contribution < 1.29 is 13.3 Å². The van der Waals surface area contributed by atoms with E-state index in [1.807, 2.05) is 0 Å². The number of nitro benzene ring substituents is 1. The molecule has 3 N–H and O–H groups in total. The maximum atomic E-state index is 11.8. The second-order valence-corrected chi connectivity index (χ2v) is 5.55. The van der Waals surface area contributed by atoms with Gasteiger partial charge in [-0.3, -0.25) is 10.1 Å². The zero-order valence-electron chi connectivity index (χ0n) is 9.71. The highest BCUT2D eigenvalue weighted by Gasteiger charge is 2.20. The quantitative estimate of drug-likeness (QED) is 0.463. The summed E-state index contributed by atoms with van der Waals surface area (Å²) in [5.74, 6) is 0. The van der Waals surface area contributed by atoms with Gasteiger partial charge in [-0.1, -0.05) is 11.6 Å². The Morgan fingerprint density at radius 2 is 2.05 bits per heavy atom. The lowest BCUT2D eigenvalue weighted by atomic mass is 10.3. The Hall–Kier alpha value is -0.930. The van der Waals surface area contributed by atoms with Gasteiger partial charge in [-0.2, -0.15) is 0 Å². The van der Waals surface area contributed by atoms with Crippen molar-refractivity contribution in [1.82, 2.24) is 4.72 Å². The zero-order valence-corrected chi connectivity index (χ0v) is 12.1. The first-order chi connectivity index (χ1) is 8.38. The van der Waals surface area contributed by atoms with Crippen LogP contribution in [0.5, 0.6) is 0 Å². The lowest BCUT2D eigenvalue weighted by molar-refractivity contribution is -0.385. The standard InChI is InChI=1S/C9H12ClN3O4S.ClH/c10-8-3-2-7(13(14)15)6-9(8)18(16,17)12-5-1-4-11;/h2-3,6,12H,1,4-5,11H2;1H. The fourth-order valence-electron chi connectivity index (χ4n) is 1.20. The van der Waals surface area contributed by atoms with Crippen molar-refractivity contribution in [2.24, 2.45) is 5.73 Å². The van der Waals surface area contributed by atoms with E-state index in [2.05, 4.69) is 4.72 Å². The molecule has 0 spiro atoms. The van der Waals surface area contributed by atoms with E-state index in [1.165, 1.54) is 6.07 Å². The number of nitrogens with two attached hydrogens (primary N) is 1. The molecule has 0 heterocycles. The molecule has 1 rings (SSSR count). The van der Waals surface area contributed by atoms with Gasteiger partial charge in [0.05, 0.1) is 9.95 Å². The Morgan fingerprint density at radius 1 is 1.42 bits per heavy atom. The predicted octanol–water partition coefficient (Wildman–Crippen LogP) is 1.30. The number of nitrogens with zero attached hydrogens (tertiary/aromatic N) is 1. The lowest BCUT2D eigenvalue weighted by Gasteiger charge is -2.07. The molecule has 0 radical (unpaired) electrons. The number of hydrogen-bond acceptors (Lipinski definition) is 5. The molecule has 0 amide bonds. The largest absolute Gasteiger partial charge is 0.330 e. The predicted molar refractivity (Wildman–Crippen MR) is 74.2 cm³/mol. The molecule has 0 unspecified atom stereocenters. The second kappa shape index (κ2) is 7.61. The van der Waals surface area contributed by atoms with Crippen LogP contribution >= 0.6 is 24.0 Å². The molecule has 0 aliphatic carbocycles. The molecule has 7 nitrogen and oxygen atoms in total. The van der Waals surface area contributed by atoms with Crippen molar-refractivity contribution >= 4 is 39.7 Å². The van der Waals surface area contributed by atoms with E-state index in [0.717, 1.165) is 12.1 Å². The zero-order chi connectivity index (χ0) is 13.8. The summed E-state index contributed by atoms with van der Waals surface area (Å²) >= 11 is 5.73. The van der Waals surface area contributed by atoms with Crippen molar-refractivity contribution in [3.8, 4) is 0 Å². The van der Waals surface area contributed by atoms with Crippen molar-refractivity contribution in [3.63, 3.8) is 0 Å². The molecule has 0 aliphatic rings. The first-order valence-corrected chi connectivity index (χ1v) is 6.88. The van der Waals surface area contributed by atoms with Crippen LogP contribution in [0.15, 0.2) is 23.1 Å². The number of rotatable bonds is 6. The number of halogens is 2. The molecule has 0 saturated heterocycles. The smallest absolute Gasteiger partial charge is 0.270 e. The van der Waals surface area contributed by atoms with Crippen molar-refractivity contribution in [2.75, 3.05) is 13.1 Å². The molecule has 0 aliphatic heterocycles. The fraction of sp³-hybridized carbons (Fsp3) is 0.333. The first-order valence-electron chi connectivity index (χ1n) is 5.02. The van der Waals surface area contributed by atoms with Crippen molar-refractivity contribution in [2.45, 2.75) is 11.3 Å². The van der Waals surface area contributed by atoms with Crippen LogP contribution in [0.1, 0.15) is 6.42 Å². The van der Waals surface area contributed by atoms with Crippen molar-refractivity contribution in [1.29, 1.82) is 0 Å². The molecule has 19 heavy (non-hydrogen) atoms. The molecule has 0 aromatic heterocycles. The highest BCUT2D eigenvalue weighted by Crippen LogP contribution is 2.25. The van der Waals surface area contributed by atoms with E-state index in [4.69, 9.17) is 17.3 Å². The number of benzene rings is 1. The number of nitrogens with one attached hydrogen (secondary N) is 1. The van der Waals surface area contributed by atoms with Gasteiger partial charge in [0.25, 0.3) is 5.69 Å². The molecule has 108 valence electrons. The monoisotopic (exact) mass is 329 g/mol. The van der Waals surface area contributed by atoms with Crippen LogP contribution in [0.4, 0.5) is 5.69 Å². The van der Waals surface area contributed by atoms with E-state index in [1.54, 1.807) is 0 Å². The minimum Gasteiger partial charge on any atom is -0.330 e. The summed E-state index contributed by atoms with van der Waals surface area (Å²) in [5, 5.41) is 10.5. The van der Waals surface area contributed by atoms with Crippen LogP contribution in [-0.2, 0) is 10.0 Å². The summed E-state index contributed by atoms with van der Waals surface area (Å²) in [6.45, 7) is 0.489. The maximum Gasteiger partial charge on any atom is 0.270 e. The number of non-ortho nitro benzene ring substituents is 1. The van der Waals surface area contributed by atoms with Gasteiger partial charge in [0.1, 0.15) is 4.90 Å². The van der Waals surface area contributed by atoms with Gasteiger partial charge in [-0.05, 0) is 19.0 Å². The highest BCUT2D eigenvalue weighted by atomic mass is 35.5. The number of nitro groups is 1. The minimum absolute atomic E-state index is 0. The van der Waals surface area contributed by atoms with E-state index in [-0.39, 0.29) is 34.6 Å². The van der Waals surface area contributed by atoms with E-state index < -0.39 is 14.9 Å². The maximum absolute atomic E-state index is 11.8. The number of hydrogen-bond donors (Lipinski definition) is 2. The number of sulfonamides is 1. The van der Waals surface area contributed by atoms with Crippen LogP contribution in [0.3, 0.4) is 0 Å². The Balaban J connectivity index is 0.00000324. The highest BCUT2D eigenvalue weighted by molar-refractivity contribution is 7.89. The van der Waals surface area contributed by atoms with Crippen LogP contribution in [0.2, 0.25) is 5.02 Å². The van der Waals surface area contributed by atoms with Crippen LogP contribution in [0.25, 0.3) is 0 Å². The molecule has 0 fully saturated rings. The van der Waals surface area contributed by atoms with Gasteiger partial charge < -0.3 is 5.73 Å². The third-order valence-corrected chi connectivity index (χ3v) is 4.03. The third kappa shape index (κ3) is 4.92. The molecule has 10 heteroatoms. The summed E-state index contributed by atoms with van der Waals surface area (Å²) in [6, 6.07) is 3.24. The van der Waals surface area contributed by atoms with Gasteiger partial charge in [0, 0.05) is 18.7 Å². The molecular weight excluding hydrogens is 317 g/mol. The van der Waals surface area contributed by atoms with Gasteiger partial charge in [0.2, 0.25) is 10.0 Å². The van der Waals surface area contributed by atoms with E-state index >= 15 is 0 Å². The van der Waals surface area contributed by atoms with Gasteiger partial charge in [-0.15, -0.1) is 12.4 Å². The molecule has 1 aromatic carbocycles. The third-order valence-electron chi connectivity index (χ3n) is 2.09. The summed E-state index contributed by atoms with van der Waals surface area (Å²) in [6.07, 6.45) is 0.464. The SMILES string of the molecule is Cl.NCCCNS(=O)(=O)c1cc([N+](=O)[O-])ccc1Cl. The molecule has 0 bridgehead atoms. The summed E-state index contributed by atoms with van der Waals surface area (Å²) in [7, 11) is -3.86. The van der Waals surface area contributed by atoms with Gasteiger partial charge >= 0.3 is 0 Å².